The summed E-state index contributed by atoms with van der Waals surface area (Å²) in [6.45, 7) is 0. The Morgan fingerprint density at radius 3 is 1.06 bits per heavy atom. The Hall–Kier alpha value is -3.82. The lowest BCUT2D eigenvalue weighted by molar-refractivity contribution is 0.0891. The molecular formula is C26H34N2O8. The number of amides is 2. The van der Waals surface area contributed by atoms with E-state index in [0.717, 1.165) is 25.7 Å². The Morgan fingerprint density at radius 2 is 0.833 bits per heavy atom. The molecule has 10 nitrogen and oxygen atoms in total. The van der Waals surface area contributed by atoms with E-state index in [2.05, 4.69) is 10.6 Å². The molecule has 0 atom stereocenters. The first-order valence-corrected chi connectivity index (χ1v) is 11.6. The van der Waals surface area contributed by atoms with E-state index >= 15 is 0 Å². The first-order chi connectivity index (χ1) is 17.4. The van der Waals surface area contributed by atoms with E-state index in [1.165, 1.54) is 42.7 Å². The van der Waals surface area contributed by atoms with Crippen LogP contribution in [0.1, 0.15) is 46.4 Å². The van der Waals surface area contributed by atoms with E-state index < -0.39 is 0 Å². The van der Waals surface area contributed by atoms with Crippen LogP contribution in [0.4, 0.5) is 0 Å². The summed E-state index contributed by atoms with van der Waals surface area (Å²) in [5, 5.41) is 6.15. The Labute approximate surface area is 211 Å². The normalized spacial score (nSPS) is 16.9. The molecule has 196 valence electrons. The van der Waals surface area contributed by atoms with Gasteiger partial charge in [-0.15, -0.1) is 0 Å². The molecule has 1 saturated carbocycles. The molecule has 2 aromatic rings. The lowest BCUT2D eigenvalue weighted by atomic mass is 9.90. The zero-order valence-corrected chi connectivity index (χ0v) is 21.6. The highest BCUT2D eigenvalue weighted by atomic mass is 16.5. The highest BCUT2D eigenvalue weighted by molar-refractivity contribution is 5.96. The van der Waals surface area contributed by atoms with Crippen molar-refractivity contribution in [1.82, 2.24) is 10.6 Å². The van der Waals surface area contributed by atoms with Crippen LogP contribution >= 0.6 is 0 Å². The standard InChI is InChI=1S/C26H34N2O8/c1-31-19-11-15(12-20(32-2)23(19)35-5)25(29)27-17-7-9-18(10-8-17)28-26(30)16-13-21(33-3)24(36-6)22(14-16)34-4/h11-14,17-18H,7-10H2,1-6H3,(H,27,29)(H,28,30). The summed E-state index contributed by atoms with van der Waals surface area (Å²) in [4.78, 5) is 25.8. The molecular weight excluding hydrogens is 468 g/mol. The van der Waals surface area contributed by atoms with E-state index in [9.17, 15) is 9.59 Å². The third-order valence-electron chi connectivity index (χ3n) is 6.25. The zero-order chi connectivity index (χ0) is 26.2. The minimum atomic E-state index is -0.223. The van der Waals surface area contributed by atoms with Crippen LogP contribution in [-0.4, -0.2) is 66.6 Å². The number of benzene rings is 2. The van der Waals surface area contributed by atoms with E-state index in [4.69, 9.17) is 28.4 Å². The van der Waals surface area contributed by atoms with Crippen LogP contribution in [0.2, 0.25) is 0 Å². The summed E-state index contributed by atoms with van der Waals surface area (Å²) in [5.74, 6) is 2.08. The average Bonchev–Trinajstić information content (AvgIpc) is 2.91. The lowest BCUT2D eigenvalue weighted by Crippen LogP contribution is -2.43. The molecule has 0 saturated heterocycles. The van der Waals surface area contributed by atoms with Gasteiger partial charge in [0.25, 0.3) is 11.8 Å². The summed E-state index contributed by atoms with van der Waals surface area (Å²) in [6.07, 6.45) is 2.93. The SMILES string of the molecule is COc1cc(C(=O)NC2CCC(NC(=O)c3cc(OC)c(OC)c(OC)c3)CC2)cc(OC)c1OC. The maximum Gasteiger partial charge on any atom is 0.251 e. The molecule has 2 amide bonds. The molecule has 36 heavy (non-hydrogen) atoms. The van der Waals surface area contributed by atoms with Crippen molar-refractivity contribution in [3.8, 4) is 34.5 Å². The fourth-order valence-electron chi connectivity index (χ4n) is 4.34. The Bertz CT molecular complexity index is 944. The summed E-state index contributed by atoms with van der Waals surface area (Å²) in [7, 11) is 9.05. The van der Waals surface area contributed by atoms with Gasteiger partial charge in [-0.2, -0.15) is 0 Å². The van der Waals surface area contributed by atoms with Gasteiger partial charge >= 0.3 is 0 Å². The minimum Gasteiger partial charge on any atom is -0.493 e. The fraction of sp³-hybridized carbons (Fsp3) is 0.462. The lowest BCUT2D eigenvalue weighted by Gasteiger charge is -2.30. The molecule has 0 aromatic heterocycles. The van der Waals surface area contributed by atoms with Crippen LogP contribution in [0.3, 0.4) is 0 Å². The van der Waals surface area contributed by atoms with E-state index in [-0.39, 0.29) is 23.9 Å². The van der Waals surface area contributed by atoms with Crippen LogP contribution < -0.4 is 39.1 Å². The van der Waals surface area contributed by atoms with Crippen LogP contribution in [0.25, 0.3) is 0 Å². The maximum absolute atomic E-state index is 12.9. The topological polar surface area (TPSA) is 114 Å². The van der Waals surface area contributed by atoms with Gasteiger partial charge < -0.3 is 39.1 Å². The molecule has 1 aliphatic rings. The monoisotopic (exact) mass is 502 g/mol. The second-order valence-corrected chi connectivity index (χ2v) is 8.32. The minimum absolute atomic E-state index is 0.00841. The number of rotatable bonds is 10. The van der Waals surface area contributed by atoms with Gasteiger partial charge in [-0.05, 0) is 49.9 Å². The van der Waals surface area contributed by atoms with E-state index in [1.54, 1.807) is 24.3 Å². The number of carbonyl (C=O) groups is 2. The smallest absolute Gasteiger partial charge is 0.251 e. The molecule has 0 spiro atoms. The molecule has 0 heterocycles. The van der Waals surface area contributed by atoms with Crippen LogP contribution in [0.15, 0.2) is 24.3 Å². The van der Waals surface area contributed by atoms with Crippen molar-refractivity contribution in [3.05, 3.63) is 35.4 Å². The van der Waals surface area contributed by atoms with Gasteiger partial charge in [0.15, 0.2) is 23.0 Å². The van der Waals surface area contributed by atoms with Crippen molar-refractivity contribution in [2.24, 2.45) is 0 Å². The number of hydrogen-bond donors (Lipinski definition) is 2. The molecule has 1 fully saturated rings. The number of nitrogens with one attached hydrogen (secondary N) is 2. The highest BCUT2D eigenvalue weighted by Gasteiger charge is 2.26. The molecule has 3 rings (SSSR count). The summed E-state index contributed by atoms with van der Waals surface area (Å²) >= 11 is 0. The second kappa shape index (κ2) is 12.2. The van der Waals surface area contributed by atoms with E-state index in [0.29, 0.717) is 45.6 Å². The van der Waals surface area contributed by atoms with Crippen molar-refractivity contribution in [2.75, 3.05) is 42.7 Å². The second-order valence-electron chi connectivity index (χ2n) is 8.32. The van der Waals surface area contributed by atoms with Crippen molar-refractivity contribution < 1.29 is 38.0 Å². The molecule has 0 radical (unpaired) electrons. The molecule has 2 aromatic carbocycles. The quantitative estimate of drug-likeness (QED) is 0.509. The van der Waals surface area contributed by atoms with Crippen molar-refractivity contribution >= 4 is 11.8 Å². The van der Waals surface area contributed by atoms with Crippen LogP contribution in [0.5, 0.6) is 34.5 Å². The number of hydrogen-bond acceptors (Lipinski definition) is 8. The maximum atomic E-state index is 12.9. The van der Waals surface area contributed by atoms with Gasteiger partial charge in [-0.25, -0.2) is 0 Å². The summed E-state index contributed by atoms with van der Waals surface area (Å²) in [5.41, 5.74) is 0.838. The number of carbonyl (C=O) groups excluding carboxylic acids is 2. The third kappa shape index (κ3) is 5.87. The average molecular weight is 503 g/mol. The van der Waals surface area contributed by atoms with Gasteiger partial charge in [0.05, 0.1) is 42.7 Å². The molecule has 2 N–H and O–H groups in total. The molecule has 0 bridgehead atoms. The van der Waals surface area contributed by atoms with Gasteiger partial charge in [0, 0.05) is 23.2 Å². The number of ether oxygens (including phenoxy) is 6. The van der Waals surface area contributed by atoms with E-state index in [1.807, 2.05) is 0 Å². The molecule has 0 aliphatic heterocycles. The Morgan fingerprint density at radius 1 is 0.556 bits per heavy atom. The first-order valence-electron chi connectivity index (χ1n) is 11.6. The van der Waals surface area contributed by atoms with Crippen molar-refractivity contribution in [2.45, 2.75) is 37.8 Å². The molecule has 1 aliphatic carbocycles. The van der Waals surface area contributed by atoms with Gasteiger partial charge in [0.2, 0.25) is 11.5 Å². The predicted octanol–water partition coefficient (Wildman–Crippen LogP) is 3.21. The third-order valence-corrected chi connectivity index (χ3v) is 6.25. The van der Waals surface area contributed by atoms with Crippen LogP contribution in [-0.2, 0) is 0 Å². The summed E-state index contributed by atoms with van der Waals surface area (Å²) in [6, 6.07) is 6.48. The highest BCUT2D eigenvalue weighted by Crippen LogP contribution is 2.39. The molecule has 0 unspecified atom stereocenters. The Balaban J connectivity index is 1.60. The zero-order valence-electron chi connectivity index (χ0n) is 21.6. The molecule has 10 heteroatoms. The summed E-state index contributed by atoms with van der Waals surface area (Å²) < 4.78 is 32.0. The first kappa shape index (κ1) is 26.8. The van der Waals surface area contributed by atoms with Gasteiger partial charge in [-0.3, -0.25) is 9.59 Å². The van der Waals surface area contributed by atoms with Crippen molar-refractivity contribution in [1.29, 1.82) is 0 Å². The van der Waals surface area contributed by atoms with Gasteiger partial charge in [0.1, 0.15) is 0 Å². The van der Waals surface area contributed by atoms with Crippen LogP contribution in [0, 0.1) is 0 Å². The fourth-order valence-corrected chi connectivity index (χ4v) is 4.34. The predicted molar refractivity (Wildman–Crippen MR) is 133 cm³/mol. The Kier molecular flexibility index (Phi) is 9.10. The largest absolute Gasteiger partial charge is 0.493 e. The number of methoxy groups -OCH3 is 6. The van der Waals surface area contributed by atoms with Crippen molar-refractivity contribution in [3.63, 3.8) is 0 Å². The van der Waals surface area contributed by atoms with Gasteiger partial charge in [-0.1, -0.05) is 0 Å².